The molecule has 0 N–H and O–H groups in total. The van der Waals surface area contributed by atoms with Crippen molar-refractivity contribution < 1.29 is 18.7 Å². The van der Waals surface area contributed by atoms with Crippen molar-refractivity contribution in [2.45, 2.75) is 12.5 Å². The van der Waals surface area contributed by atoms with Crippen LogP contribution in [-0.4, -0.2) is 48.1 Å². The molecule has 0 fully saturated rings. The Balaban J connectivity index is 1.60. The number of methoxy groups -OCH3 is 1. The van der Waals surface area contributed by atoms with E-state index in [4.69, 9.17) is 4.74 Å². The standard InChI is InChI=1S/C26H24FN3O3/c1-29(26(32)21-13-6-7-14-22(21)27)17-25(31)30-24(18-9-4-3-5-10-18)16-23(28-30)19-11-8-12-20(15-19)33-2/h3-15,24H,16-17H2,1-2H3/t24-/m0/s1. The Hall–Kier alpha value is -4.00. The van der Waals surface area contributed by atoms with Crippen LogP contribution in [0.5, 0.6) is 5.75 Å². The van der Waals surface area contributed by atoms with Gasteiger partial charge in [-0.05, 0) is 29.8 Å². The summed E-state index contributed by atoms with van der Waals surface area (Å²) in [6.07, 6.45) is 0.522. The van der Waals surface area contributed by atoms with E-state index in [0.717, 1.165) is 16.8 Å². The first-order valence-corrected chi connectivity index (χ1v) is 10.6. The number of halogens is 1. The summed E-state index contributed by atoms with van der Waals surface area (Å²) in [5.74, 6) is -0.835. The normalized spacial score (nSPS) is 15.2. The van der Waals surface area contributed by atoms with E-state index in [9.17, 15) is 14.0 Å². The third-order valence-electron chi connectivity index (χ3n) is 5.58. The summed E-state index contributed by atoms with van der Waals surface area (Å²) >= 11 is 0. The van der Waals surface area contributed by atoms with Gasteiger partial charge in [-0.15, -0.1) is 0 Å². The summed E-state index contributed by atoms with van der Waals surface area (Å²) in [6, 6.07) is 22.6. The number of hydrogen-bond acceptors (Lipinski definition) is 4. The Morgan fingerprint density at radius 2 is 1.79 bits per heavy atom. The van der Waals surface area contributed by atoms with Crippen LogP contribution in [0.15, 0.2) is 84.0 Å². The van der Waals surface area contributed by atoms with E-state index in [1.54, 1.807) is 13.2 Å². The number of hydrogen-bond donors (Lipinski definition) is 0. The molecule has 0 saturated heterocycles. The number of benzene rings is 3. The van der Waals surface area contributed by atoms with E-state index >= 15 is 0 Å². The zero-order valence-corrected chi connectivity index (χ0v) is 18.4. The van der Waals surface area contributed by atoms with Crippen LogP contribution in [0.3, 0.4) is 0 Å². The summed E-state index contributed by atoms with van der Waals surface area (Å²) in [5, 5.41) is 6.05. The van der Waals surface area contributed by atoms with Gasteiger partial charge in [0.05, 0.1) is 24.4 Å². The van der Waals surface area contributed by atoms with Crippen molar-refractivity contribution in [2.75, 3.05) is 20.7 Å². The molecule has 0 spiro atoms. The van der Waals surface area contributed by atoms with Crippen LogP contribution >= 0.6 is 0 Å². The van der Waals surface area contributed by atoms with Crippen molar-refractivity contribution in [3.05, 3.63) is 101 Å². The molecule has 1 aliphatic rings. The van der Waals surface area contributed by atoms with Crippen LogP contribution in [0.25, 0.3) is 0 Å². The van der Waals surface area contributed by atoms with Crippen LogP contribution in [-0.2, 0) is 4.79 Å². The van der Waals surface area contributed by atoms with Crippen LogP contribution in [0.2, 0.25) is 0 Å². The van der Waals surface area contributed by atoms with E-state index in [0.29, 0.717) is 12.2 Å². The van der Waals surface area contributed by atoms with Gasteiger partial charge in [0, 0.05) is 19.0 Å². The maximum atomic E-state index is 14.0. The Labute approximate surface area is 191 Å². The molecule has 0 aromatic heterocycles. The van der Waals surface area contributed by atoms with Crippen LogP contribution in [0.1, 0.15) is 33.9 Å². The third-order valence-corrected chi connectivity index (χ3v) is 5.58. The molecule has 1 aliphatic heterocycles. The number of carbonyl (C=O) groups excluding carboxylic acids is 2. The van der Waals surface area contributed by atoms with Gasteiger partial charge in [-0.25, -0.2) is 9.40 Å². The molecular weight excluding hydrogens is 421 g/mol. The van der Waals surface area contributed by atoms with Crippen LogP contribution < -0.4 is 4.74 Å². The lowest BCUT2D eigenvalue weighted by atomic mass is 9.98. The monoisotopic (exact) mass is 445 g/mol. The number of nitrogens with zero attached hydrogens (tertiary/aromatic N) is 3. The van der Waals surface area contributed by atoms with Gasteiger partial charge in [0.15, 0.2) is 0 Å². The zero-order chi connectivity index (χ0) is 23.4. The molecular formula is C26H24FN3O3. The average molecular weight is 445 g/mol. The molecule has 4 rings (SSSR count). The quantitative estimate of drug-likeness (QED) is 0.569. The Morgan fingerprint density at radius 3 is 2.52 bits per heavy atom. The smallest absolute Gasteiger partial charge is 0.262 e. The van der Waals surface area contributed by atoms with E-state index < -0.39 is 11.7 Å². The maximum absolute atomic E-state index is 14.0. The first-order valence-electron chi connectivity index (χ1n) is 10.6. The van der Waals surface area contributed by atoms with Crippen molar-refractivity contribution in [3.63, 3.8) is 0 Å². The molecule has 1 heterocycles. The number of ether oxygens (including phenoxy) is 1. The molecule has 7 heteroatoms. The number of rotatable bonds is 6. The number of amides is 2. The fraction of sp³-hybridized carbons (Fsp3) is 0.192. The molecule has 0 aliphatic carbocycles. The Kier molecular flexibility index (Phi) is 6.49. The van der Waals surface area contributed by atoms with Gasteiger partial charge in [-0.1, -0.05) is 54.6 Å². The molecule has 33 heavy (non-hydrogen) atoms. The number of likely N-dealkylation sites (N-methyl/N-ethyl adjacent to an activating group) is 1. The summed E-state index contributed by atoms with van der Waals surface area (Å²) in [5.41, 5.74) is 2.48. The van der Waals surface area contributed by atoms with E-state index in [-0.39, 0.29) is 24.1 Å². The predicted molar refractivity (Wildman–Crippen MR) is 124 cm³/mol. The predicted octanol–water partition coefficient (Wildman–Crippen LogP) is 4.28. The largest absolute Gasteiger partial charge is 0.497 e. The second kappa shape index (κ2) is 9.65. The van der Waals surface area contributed by atoms with Gasteiger partial charge in [0.2, 0.25) is 0 Å². The summed E-state index contributed by atoms with van der Waals surface area (Å²) in [7, 11) is 3.08. The number of hydrazone groups is 1. The third kappa shape index (κ3) is 4.77. The highest BCUT2D eigenvalue weighted by molar-refractivity contribution is 6.04. The molecule has 0 unspecified atom stereocenters. The topological polar surface area (TPSA) is 62.2 Å². The SMILES string of the molecule is COc1cccc(C2=NN(C(=O)CN(C)C(=O)c3ccccc3F)[C@H](c3ccccc3)C2)c1. The van der Waals surface area contributed by atoms with Gasteiger partial charge in [0.1, 0.15) is 18.1 Å². The molecule has 0 saturated carbocycles. The van der Waals surface area contributed by atoms with Gasteiger partial charge < -0.3 is 9.64 Å². The fourth-order valence-electron chi connectivity index (χ4n) is 3.84. The minimum absolute atomic E-state index is 0.0746. The lowest BCUT2D eigenvalue weighted by Crippen LogP contribution is -2.39. The second-order valence-corrected chi connectivity index (χ2v) is 7.79. The first-order chi connectivity index (χ1) is 16.0. The molecule has 6 nitrogen and oxygen atoms in total. The fourth-order valence-corrected chi connectivity index (χ4v) is 3.84. The van der Waals surface area contributed by atoms with Gasteiger partial charge in [-0.3, -0.25) is 9.59 Å². The van der Waals surface area contributed by atoms with Crippen molar-refractivity contribution in [3.8, 4) is 5.75 Å². The van der Waals surface area contributed by atoms with Crippen molar-refractivity contribution >= 4 is 17.5 Å². The second-order valence-electron chi connectivity index (χ2n) is 7.79. The molecule has 0 radical (unpaired) electrons. The minimum Gasteiger partial charge on any atom is -0.497 e. The Morgan fingerprint density at radius 1 is 1.06 bits per heavy atom. The minimum atomic E-state index is -0.622. The van der Waals surface area contributed by atoms with Crippen molar-refractivity contribution in [1.82, 2.24) is 9.91 Å². The maximum Gasteiger partial charge on any atom is 0.262 e. The molecule has 0 bridgehead atoms. The van der Waals surface area contributed by atoms with Crippen molar-refractivity contribution in [1.29, 1.82) is 0 Å². The summed E-state index contributed by atoms with van der Waals surface area (Å²) in [4.78, 5) is 27.2. The zero-order valence-electron chi connectivity index (χ0n) is 18.4. The first kappa shape index (κ1) is 22.2. The molecule has 3 aromatic rings. The summed E-state index contributed by atoms with van der Waals surface area (Å²) < 4.78 is 19.4. The van der Waals surface area contributed by atoms with E-state index in [1.807, 2.05) is 54.6 Å². The van der Waals surface area contributed by atoms with Gasteiger partial charge in [0.25, 0.3) is 11.8 Å². The van der Waals surface area contributed by atoms with Gasteiger partial charge in [-0.2, -0.15) is 5.10 Å². The van der Waals surface area contributed by atoms with E-state index in [2.05, 4.69) is 5.10 Å². The van der Waals surface area contributed by atoms with Crippen molar-refractivity contribution in [2.24, 2.45) is 5.10 Å². The van der Waals surface area contributed by atoms with Crippen LogP contribution in [0.4, 0.5) is 4.39 Å². The lowest BCUT2D eigenvalue weighted by Gasteiger charge is -2.25. The number of carbonyl (C=O) groups is 2. The lowest BCUT2D eigenvalue weighted by molar-refractivity contribution is -0.133. The molecule has 168 valence electrons. The highest BCUT2D eigenvalue weighted by Gasteiger charge is 2.34. The molecule has 3 aromatic carbocycles. The highest BCUT2D eigenvalue weighted by Crippen LogP contribution is 2.33. The van der Waals surface area contributed by atoms with E-state index in [1.165, 1.54) is 35.2 Å². The highest BCUT2D eigenvalue weighted by atomic mass is 19.1. The van der Waals surface area contributed by atoms with Gasteiger partial charge >= 0.3 is 0 Å². The summed E-state index contributed by atoms with van der Waals surface area (Å²) in [6.45, 7) is -0.231. The molecule has 1 atom stereocenters. The molecule has 2 amide bonds. The van der Waals surface area contributed by atoms with Crippen LogP contribution in [0, 0.1) is 5.82 Å². The average Bonchev–Trinajstić information content (AvgIpc) is 3.30. The Bertz CT molecular complexity index is 1200.